The lowest BCUT2D eigenvalue weighted by molar-refractivity contribution is -0.119. The number of hydrogen-bond acceptors (Lipinski definition) is 2. The zero-order valence-corrected chi connectivity index (χ0v) is 12.5. The van der Waals surface area contributed by atoms with E-state index in [2.05, 4.69) is 15.9 Å². The number of amides is 2. The summed E-state index contributed by atoms with van der Waals surface area (Å²) in [7, 11) is 0. The highest BCUT2D eigenvalue weighted by atomic mass is 79.9. The molecule has 0 fully saturated rings. The van der Waals surface area contributed by atoms with Crippen LogP contribution in [0, 0.1) is 0 Å². The predicted molar refractivity (Wildman–Crippen MR) is 74.5 cm³/mol. The summed E-state index contributed by atoms with van der Waals surface area (Å²) in [6.07, 6.45) is 0. The lowest BCUT2D eigenvalue weighted by atomic mass is 10.1. The van der Waals surface area contributed by atoms with Crippen molar-refractivity contribution in [3.63, 3.8) is 0 Å². The van der Waals surface area contributed by atoms with Crippen LogP contribution in [0.4, 0.5) is 0 Å². The standard InChI is InChI=1S/C12H14BrClN2O2/c1-7(2)16(6-11(15)17)12(18)8-3-4-9(13)10(14)5-8/h3-5,7H,6H2,1-2H3,(H2,15,17). The minimum Gasteiger partial charge on any atom is -0.368 e. The molecule has 1 aromatic carbocycles. The van der Waals surface area contributed by atoms with Gasteiger partial charge in [0.25, 0.3) is 5.91 Å². The molecule has 18 heavy (non-hydrogen) atoms. The Balaban J connectivity index is 3.02. The summed E-state index contributed by atoms with van der Waals surface area (Å²) in [6, 6.07) is 4.78. The van der Waals surface area contributed by atoms with Gasteiger partial charge in [-0.15, -0.1) is 0 Å². The van der Waals surface area contributed by atoms with Crippen molar-refractivity contribution in [1.29, 1.82) is 0 Å². The Morgan fingerprint density at radius 2 is 2.06 bits per heavy atom. The number of carbonyl (C=O) groups is 2. The van der Waals surface area contributed by atoms with E-state index >= 15 is 0 Å². The van der Waals surface area contributed by atoms with Gasteiger partial charge < -0.3 is 10.6 Å². The Hall–Kier alpha value is -1.07. The zero-order chi connectivity index (χ0) is 13.9. The smallest absolute Gasteiger partial charge is 0.254 e. The maximum Gasteiger partial charge on any atom is 0.254 e. The fourth-order valence-electron chi connectivity index (χ4n) is 1.45. The van der Waals surface area contributed by atoms with Crippen molar-refractivity contribution in [2.24, 2.45) is 5.73 Å². The first kappa shape index (κ1) is 15.0. The first-order valence-corrected chi connectivity index (χ1v) is 6.54. The first-order chi connectivity index (χ1) is 8.32. The van der Waals surface area contributed by atoms with Gasteiger partial charge in [-0.2, -0.15) is 0 Å². The van der Waals surface area contributed by atoms with Gasteiger partial charge in [0, 0.05) is 16.1 Å². The molecule has 0 unspecified atom stereocenters. The molecule has 0 heterocycles. The van der Waals surface area contributed by atoms with Gasteiger partial charge in [0.1, 0.15) is 0 Å². The van der Waals surface area contributed by atoms with E-state index in [1.54, 1.807) is 18.2 Å². The second-order valence-electron chi connectivity index (χ2n) is 4.12. The van der Waals surface area contributed by atoms with Gasteiger partial charge in [0.2, 0.25) is 5.91 Å². The summed E-state index contributed by atoms with van der Waals surface area (Å²) < 4.78 is 0.715. The van der Waals surface area contributed by atoms with Crippen LogP contribution in [-0.2, 0) is 4.79 Å². The maximum atomic E-state index is 12.2. The van der Waals surface area contributed by atoms with Crippen molar-refractivity contribution in [1.82, 2.24) is 4.90 Å². The van der Waals surface area contributed by atoms with Crippen molar-refractivity contribution in [3.8, 4) is 0 Å². The van der Waals surface area contributed by atoms with Crippen molar-refractivity contribution in [2.45, 2.75) is 19.9 Å². The normalized spacial score (nSPS) is 10.5. The van der Waals surface area contributed by atoms with Crippen molar-refractivity contribution in [2.75, 3.05) is 6.54 Å². The van der Waals surface area contributed by atoms with Crippen LogP contribution in [0.5, 0.6) is 0 Å². The molecule has 0 atom stereocenters. The lowest BCUT2D eigenvalue weighted by Crippen LogP contribution is -2.42. The van der Waals surface area contributed by atoms with Gasteiger partial charge >= 0.3 is 0 Å². The average Bonchev–Trinajstić information content (AvgIpc) is 2.28. The number of halogens is 2. The highest BCUT2D eigenvalue weighted by Crippen LogP contribution is 2.24. The van der Waals surface area contributed by atoms with E-state index in [-0.39, 0.29) is 18.5 Å². The van der Waals surface area contributed by atoms with E-state index in [4.69, 9.17) is 17.3 Å². The summed E-state index contributed by atoms with van der Waals surface area (Å²) >= 11 is 9.19. The molecule has 6 heteroatoms. The molecule has 0 radical (unpaired) electrons. The number of primary amides is 1. The summed E-state index contributed by atoms with van der Waals surface area (Å²) in [5.74, 6) is -0.807. The van der Waals surface area contributed by atoms with Crippen LogP contribution >= 0.6 is 27.5 Å². The monoisotopic (exact) mass is 332 g/mol. The quantitative estimate of drug-likeness (QED) is 0.920. The van der Waals surface area contributed by atoms with Gasteiger partial charge in [-0.05, 0) is 48.0 Å². The zero-order valence-electron chi connectivity index (χ0n) is 10.1. The number of carbonyl (C=O) groups excluding carboxylic acids is 2. The molecular weight excluding hydrogens is 320 g/mol. The maximum absolute atomic E-state index is 12.2. The number of benzene rings is 1. The molecule has 0 bridgehead atoms. The molecule has 0 aliphatic heterocycles. The fraction of sp³-hybridized carbons (Fsp3) is 0.333. The molecule has 1 aromatic rings. The Kier molecular flexibility index (Phi) is 5.16. The van der Waals surface area contributed by atoms with Crippen LogP contribution in [0.25, 0.3) is 0 Å². The minimum absolute atomic E-state index is 0.107. The van der Waals surface area contributed by atoms with Crippen LogP contribution in [-0.4, -0.2) is 29.3 Å². The van der Waals surface area contributed by atoms with E-state index in [1.807, 2.05) is 13.8 Å². The van der Waals surface area contributed by atoms with Gasteiger partial charge in [-0.1, -0.05) is 11.6 Å². The molecule has 0 saturated carbocycles. The van der Waals surface area contributed by atoms with E-state index in [9.17, 15) is 9.59 Å². The second-order valence-corrected chi connectivity index (χ2v) is 5.38. The highest BCUT2D eigenvalue weighted by molar-refractivity contribution is 9.10. The molecule has 0 aliphatic carbocycles. The molecule has 2 N–H and O–H groups in total. The topological polar surface area (TPSA) is 63.4 Å². The summed E-state index contributed by atoms with van der Waals surface area (Å²) in [4.78, 5) is 24.6. The number of nitrogens with zero attached hydrogens (tertiary/aromatic N) is 1. The third-order valence-electron chi connectivity index (χ3n) is 2.38. The molecular formula is C12H14BrClN2O2. The summed E-state index contributed by atoms with van der Waals surface area (Å²) in [5.41, 5.74) is 5.56. The van der Waals surface area contributed by atoms with Crippen LogP contribution in [0.3, 0.4) is 0 Å². The summed E-state index contributed by atoms with van der Waals surface area (Å²) in [6.45, 7) is 3.53. The number of nitrogens with two attached hydrogens (primary N) is 1. The van der Waals surface area contributed by atoms with Crippen LogP contribution < -0.4 is 5.73 Å². The van der Waals surface area contributed by atoms with Gasteiger partial charge in [0.05, 0.1) is 11.6 Å². The third-order valence-corrected chi connectivity index (χ3v) is 3.61. The van der Waals surface area contributed by atoms with E-state index < -0.39 is 5.91 Å². The third kappa shape index (κ3) is 3.71. The molecule has 4 nitrogen and oxygen atoms in total. The van der Waals surface area contributed by atoms with E-state index in [1.165, 1.54) is 4.90 Å². The first-order valence-electron chi connectivity index (χ1n) is 5.37. The number of hydrogen-bond donors (Lipinski definition) is 1. The van der Waals surface area contributed by atoms with Gasteiger partial charge in [-0.25, -0.2) is 0 Å². The Morgan fingerprint density at radius 3 is 2.50 bits per heavy atom. The van der Waals surface area contributed by atoms with Crippen LogP contribution in [0.15, 0.2) is 22.7 Å². The summed E-state index contributed by atoms with van der Waals surface area (Å²) in [5, 5.41) is 0.448. The largest absolute Gasteiger partial charge is 0.368 e. The SMILES string of the molecule is CC(C)N(CC(N)=O)C(=O)c1ccc(Br)c(Cl)c1. The van der Waals surface area contributed by atoms with Crippen molar-refractivity contribution in [3.05, 3.63) is 33.3 Å². The molecule has 2 amide bonds. The van der Waals surface area contributed by atoms with Gasteiger partial charge in [-0.3, -0.25) is 9.59 Å². The Labute approximate surface area is 119 Å². The fourth-order valence-corrected chi connectivity index (χ4v) is 1.88. The van der Waals surface area contributed by atoms with Crippen molar-refractivity contribution >= 4 is 39.3 Å². The minimum atomic E-state index is -0.541. The molecule has 0 aromatic heterocycles. The van der Waals surface area contributed by atoms with E-state index in [0.717, 1.165) is 0 Å². The van der Waals surface area contributed by atoms with Crippen molar-refractivity contribution < 1.29 is 9.59 Å². The molecule has 0 aliphatic rings. The van der Waals surface area contributed by atoms with Crippen LogP contribution in [0.2, 0.25) is 5.02 Å². The predicted octanol–water partition coefficient (Wildman–Crippen LogP) is 2.44. The highest BCUT2D eigenvalue weighted by Gasteiger charge is 2.20. The lowest BCUT2D eigenvalue weighted by Gasteiger charge is -2.25. The number of rotatable bonds is 4. The molecule has 0 saturated heterocycles. The second kappa shape index (κ2) is 6.20. The van der Waals surface area contributed by atoms with Crippen LogP contribution in [0.1, 0.15) is 24.2 Å². The molecule has 1 rings (SSSR count). The Morgan fingerprint density at radius 1 is 1.44 bits per heavy atom. The molecule has 0 spiro atoms. The Bertz CT molecular complexity index is 477. The average molecular weight is 334 g/mol. The molecule has 98 valence electrons. The van der Waals surface area contributed by atoms with E-state index in [0.29, 0.717) is 15.1 Å². The van der Waals surface area contributed by atoms with Gasteiger partial charge in [0.15, 0.2) is 0 Å².